The molecule has 1 aromatic heterocycles. The molecule has 1 aliphatic heterocycles. The zero-order chi connectivity index (χ0) is 21.0. The molecule has 0 saturated carbocycles. The van der Waals surface area contributed by atoms with Gasteiger partial charge in [-0.05, 0) is 6.07 Å². The van der Waals surface area contributed by atoms with Gasteiger partial charge < -0.3 is 20.6 Å². The van der Waals surface area contributed by atoms with Crippen LogP contribution in [0.2, 0.25) is 5.02 Å². The predicted octanol–water partition coefficient (Wildman–Crippen LogP) is 2.45. The van der Waals surface area contributed by atoms with Crippen molar-refractivity contribution in [1.29, 1.82) is 0 Å². The summed E-state index contributed by atoms with van der Waals surface area (Å²) in [6.07, 6.45) is 0.197. The fraction of sp³-hybridized carbons (Fsp3) is 0.222. The van der Waals surface area contributed by atoms with Crippen LogP contribution in [0.4, 0.5) is 15.0 Å². The number of pyridine rings is 1. The number of carboxylic acid groups (broad SMARTS) is 1. The van der Waals surface area contributed by atoms with E-state index in [4.69, 9.17) is 27.3 Å². The molecule has 1 amide bonds. The highest BCUT2D eigenvalue weighted by Gasteiger charge is 2.26. The maximum Gasteiger partial charge on any atom is 0.411 e. The van der Waals surface area contributed by atoms with Gasteiger partial charge in [-0.25, -0.2) is 19.2 Å². The number of aliphatic imine (C=N–C) groups is 1. The van der Waals surface area contributed by atoms with Crippen LogP contribution in [0.3, 0.4) is 0 Å². The minimum Gasteiger partial charge on any atom is -0.465 e. The van der Waals surface area contributed by atoms with Crippen LogP contribution in [-0.2, 0) is 11.4 Å². The van der Waals surface area contributed by atoms with Gasteiger partial charge in [-0.3, -0.25) is 5.32 Å². The van der Waals surface area contributed by atoms with Crippen LogP contribution in [0.1, 0.15) is 5.56 Å². The number of carbonyl (C=O) groups is 1. The lowest BCUT2D eigenvalue weighted by molar-refractivity contribution is 0.200. The van der Waals surface area contributed by atoms with Crippen molar-refractivity contribution < 1.29 is 19.1 Å². The van der Waals surface area contributed by atoms with Crippen LogP contribution in [0.25, 0.3) is 11.1 Å². The third kappa shape index (κ3) is 4.72. The molecule has 0 bridgehead atoms. The van der Waals surface area contributed by atoms with Crippen LogP contribution >= 0.6 is 11.6 Å². The monoisotopic (exact) mass is 420 g/mol. The zero-order valence-corrected chi connectivity index (χ0v) is 16.1. The molecular formula is C18H18ClFN6O3. The first-order chi connectivity index (χ1) is 13.9. The fourth-order valence-electron chi connectivity index (χ4n) is 2.79. The molecule has 9 nitrogen and oxygen atoms in total. The fourth-order valence-corrected chi connectivity index (χ4v) is 3.07. The SMILES string of the molecule is CON=C1CN(c2ncc(-c3cccc(CN=C(N)NC(=O)O)c3F)cc2Cl)C1. The van der Waals surface area contributed by atoms with E-state index in [0.29, 0.717) is 35.1 Å². The Morgan fingerprint density at radius 2 is 2.24 bits per heavy atom. The molecule has 29 heavy (non-hydrogen) atoms. The summed E-state index contributed by atoms with van der Waals surface area (Å²) >= 11 is 6.35. The Kier molecular flexibility index (Phi) is 6.13. The lowest BCUT2D eigenvalue weighted by atomic mass is 10.0. The molecular weight excluding hydrogens is 403 g/mol. The van der Waals surface area contributed by atoms with Crippen LogP contribution < -0.4 is 16.0 Å². The number of nitrogens with zero attached hydrogens (tertiary/aromatic N) is 4. The molecule has 0 radical (unpaired) electrons. The summed E-state index contributed by atoms with van der Waals surface area (Å²) in [5.41, 5.74) is 7.36. The van der Waals surface area contributed by atoms with E-state index in [1.165, 1.54) is 13.2 Å². The number of oxime groups is 1. The first-order valence-electron chi connectivity index (χ1n) is 8.46. The van der Waals surface area contributed by atoms with Crippen molar-refractivity contribution in [2.75, 3.05) is 25.1 Å². The summed E-state index contributed by atoms with van der Waals surface area (Å²) in [4.78, 5) is 25.4. The van der Waals surface area contributed by atoms with E-state index in [1.807, 2.05) is 10.2 Å². The van der Waals surface area contributed by atoms with E-state index in [0.717, 1.165) is 5.71 Å². The van der Waals surface area contributed by atoms with Crippen molar-refractivity contribution in [3.63, 3.8) is 0 Å². The summed E-state index contributed by atoms with van der Waals surface area (Å²) in [6.45, 7) is 1.00. The van der Waals surface area contributed by atoms with Gasteiger partial charge in [0, 0.05) is 22.9 Å². The second-order valence-corrected chi connectivity index (χ2v) is 6.54. The summed E-state index contributed by atoms with van der Waals surface area (Å²) in [5, 5.41) is 14.7. The summed E-state index contributed by atoms with van der Waals surface area (Å²) in [7, 11) is 1.49. The Hall–Kier alpha value is -3.40. The summed E-state index contributed by atoms with van der Waals surface area (Å²) < 4.78 is 14.9. The normalized spacial score (nSPS) is 13.7. The number of aromatic nitrogens is 1. The van der Waals surface area contributed by atoms with Crippen LogP contribution in [0.5, 0.6) is 0 Å². The van der Waals surface area contributed by atoms with E-state index < -0.39 is 11.9 Å². The summed E-state index contributed by atoms with van der Waals surface area (Å²) in [6, 6.07) is 6.44. The third-order valence-electron chi connectivity index (χ3n) is 4.13. The van der Waals surface area contributed by atoms with E-state index in [2.05, 4.69) is 15.1 Å². The number of rotatable bonds is 5. The molecule has 3 rings (SSSR count). The number of guanidine groups is 1. The predicted molar refractivity (Wildman–Crippen MR) is 108 cm³/mol. The average molecular weight is 421 g/mol. The molecule has 0 spiro atoms. The summed E-state index contributed by atoms with van der Waals surface area (Å²) in [5.74, 6) is -0.245. The van der Waals surface area contributed by atoms with Crippen LogP contribution in [0, 0.1) is 5.82 Å². The Morgan fingerprint density at radius 3 is 2.90 bits per heavy atom. The van der Waals surface area contributed by atoms with Gasteiger partial charge in [-0.1, -0.05) is 35.0 Å². The second-order valence-electron chi connectivity index (χ2n) is 6.14. The Labute approximate surface area is 170 Å². The molecule has 11 heteroatoms. The number of nitrogens with two attached hydrogens (primary N) is 1. The topological polar surface area (TPSA) is 125 Å². The number of halogens is 2. The number of benzene rings is 1. The van der Waals surface area contributed by atoms with E-state index >= 15 is 0 Å². The van der Waals surface area contributed by atoms with Crippen molar-refractivity contribution in [3.05, 3.63) is 46.9 Å². The molecule has 0 aliphatic carbocycles. The minimum atomic E-state index is -1.34. The van der Waals surface area contributed by atoms with Crippen molar-refractivity contribution in [2.24, 2.45) is 15.9 Å². The molecule has 1 aromatic carbocycles. The first kappa shape index (κ1) is 20.3. The standard InChI is InChI=1S/C18H18ClFN6O3/c1-29-25-12-8-26(9-12)16-14(19)5-11(7-22-16)13-4-2-3-10(15(13)20)6-23-17(21)24-18(27)28/h2-5,7H,6,8-9H2,1H3,(H,27,28)(H3,21,23,24). The van der Waals surface area contributed by atoms with Gasteiger partial charge >= 0.3 is 6.09 Å². The lowest BCUT2D eigenvalue weighted by Crippen LogP contribution is -2.48. The molecule has 152 valence electrons. The molecule has 1 fully saturated rings. The molecule has 0 unspecified atom stereocenters. The average Bonchev–Trinajstić information content (AvgIpc) is 2.63. The van der Waals surface area contributed by atoms with Crippen molar-refractivity contribution >= 4 is 35.2 Å². The van der Waals surface area contributed by atoms with Gasteiger partial charge in [0.25, 0.3) is 0 Å². The van der Waals surface area contributed by atoms with Gasteiger partial charge in [-0.15, -0.1) is 0 Å². The highest BCUT2D eigenvalue weighted by atomic mass is 35.5. The van der Waals surface area contributed by atoms with E-state index in [9.17, 15) is 9.18 Å². The maximum absolute atomic E-state index is 14.9. The van der Waals surface area contributed by atoms with Gasteiger partial charge in [0.2, 0.25) is 0 Å². The van der Waals surface area contributed by atoms with E-state index in [1.54, 1.807) is 24.4 Å². The molecule has 4 N–H and O–H groups in total. The highest BCUT2D eigenvalue weighted by Crippen LogP contribution is 2.32. The number of nitrogens with one attached hydrogen (secondary N) is 1. The Bertz CT molecular complexity index is 990. The molecule has 1 aliphatic rings. The quantitative estimate of drug-likeness (QED) is 0.387. The lowest BCUT2D eigenvalue weighted by Gasteiger charge is -2.33. The van der Waals surface area contributed by atoms with Crippen molar-refractivity contribution in [1.82, 2.24) is 10.3 Å². The third-order valence-corrected chi connectivity index (χ3v) is 4.41. The molecule has 1 saturated heterocycles. The minimum absolute atomic E-state index is 0.125. The molecule has 0 atom stereocenters. The first-order valence-corrected chi connectivity index (χ1v) is 8.84. The van der Waals surface area contributed by atoms with Gasteiger partial charge in [0.05, 0.1) is 30.4 Å². The van der Waals surface area contributed by atoms with Gasteiger partial charge in [0.1, 0.15) is 18.7 Å². The van der Waals surface area contributed by atoms with E-state index in [-0.39, 0.29) is 18.1 Å². The smallest absolute Gasteiger partial charge is 0.411 e. The Balaban J connectivity index is 1.80. The van der Waals surface area contributed by atoms with Crippen LogP contribution in [-0.4, -0.2) is 48.1 Å². The number of hydrogen-bond donors (Lipinski definition) is 3. The van der Waals surface area contributed by atoms with Crippen LogP contribution in [0.15, 0.2) is 40.6 Å². The molecule has 2 heterocycles. The van der Waals surface area contributed by atoms with Gasteiger partial charge in [-0.2, -0.15) is 0 Å². The Morgan fingerprint density at radius 1 is 1.48 bits per heavy atom. The highest BCUT2D eigenvalue weighted by molar-refractivity contribution is 6.33. The maximum atomic E-state index is 14.9. The second kappa shape index (κ2) is 8.74. The van der Waals surface area contributed by atoms with Gasteiger partial charge in [0.15, 0.2) is 5.96 Å². The van der Waals surface area contributed by atoms with Crippen molar-refractivity contribution in [2.45, 2.75) is 6.54 Å². The van der Waals surface area contributed by atoms with Crippen molar-refractivity contribution in [3.8, 4) is 11.1 Å². The largest absolute Gasteiger partial charge is 0.465 e. The number of amides is 1. The zero-order valence-electron chi connectivity index (χ0n) is 15.4. The number of hydrogen-bond acceptors (Lipinski definition) is 6. The molecule has 2 aromatic rings. The number of anilines is 1.